The summed E-state index contributed by atoms with van der Waals surface area (Å²) >= 11 is 0. The van der Waals surface area contributed by atoms with Gasteiger partial charge in [-0.05, 0) is 120 Å². The molecule has 1 aliphatic rings. The van der Waals surface area contributed by atoms with E-state index in [4.69, 9.17) is 33.1 Å². The molecule has 19 unspecified atom stereocenters. The van der Waals surface area contributed by atoms with Crippen LogP contribution in [0.1, 0.15) is 393 Å². The van der Waals surface area contributed by atoms with Crippen molar-refractivity contribution in [2.75, 3.05) is 66.1 Å². The Kier molecular flexibility index (Phi) is 62.5. The SMILES string of the molecule is CC1CCCC(C)CCCC(C)CCC(C)CCCC(C)CCCC(C)CCCC(C)CCOCC(COP(=O)(O)OCC(O)CO)OCCC(C)CCCC(C)CCCC(C)CCCC(C)CCC(C)CCCC(C)CCCC(C)CCCC(C)CCOCCOCCC(C)CCC1. The average molecular weight is 1430 g/mol. The molecule has 1 saturated heterocycles. The molecule has 1 rings (SSSR count). The molecule has 11 heteroatoms. The van der Waals surface area contributed by atoms with E-state index in [0.717, 1.165) is 129 Å². The lowest BCUT2D eigenvalue weighted by atomic mass is 9.88. The van der Waals surface area contributed by atoms with Crippen molar-refractivity contribution >= 4 is 7.82 Å². The average Bonchev–Trinajstić information content (AvgIpc) is 1.04. The van der Waals surface area contributed by atoms with Gasteiger partial charge in [0.05, 0.1) is 39.6 Å². The number of phosphoric ester groups is 1. The second kappa shape index (κ2) is 63.9. The third kappa shape index (κ3) is 62.6. The maximum Gasteiger partial charge on any atom is 0.472 e. The Morgan fingerprint density at radius 2 is 0.495 bits per heavy atom. The quantitative estimate of drug-likeness (QED) is 0.212. The fourth-order valence-electron chi connectivity index (χ4n) is 15.6. The van der Waals surface area contributed by atoms with Crippen LogP contribution in [-0.4, -0.2) is 93.4 Å². The monoisotopic (exact) mass is 1430 g/mol. The summed E-state index contributed by atoms with van der Waals surface area (Å²) < 4.78 is 47.4. The summed E-state index contributed by atoms with van der Waals surface area (Å²) in [5, 5.41) is 18.8. The number of aliphatic hydroxyl groups is 2. The Bertz CT molecular complexity index is 1770. The molecule has 0 bridgehead atoms. The van der Waals surface area contributed by atoms with E-state index in [-0.39, 0.29) is 13.2 Å². The van der Waals surface area contributed by atoms with E-state index in [1.165, 1.54) is 263 Å². The zero-order valence-corrected chi connectivity index (χ0v) is 70.1. The minimum absolute atomic E-state index is 0.161. The number of rotatable bonds is 7. The van der Waals surface area contributed by atoms with E-state index in [9.17, 15) is 14.6 Å². The molecule has 10 nitrogen and oxygen atoms in total. The van der Waals surface area contributed by atoms with Crippen molar-refractivity contribution in [2.45, 2.75) is 406 Å². The van der Waals surface area contributed by atoms with Crippen LogP contribution < -0.4 is 0 Å². The minimum Gasteiger partial charge on any atom is -0.394 e. The zero-order valence-electron chi connectivity index (χ0n) is 69.2. The van der Waals surface area contributed by atoms with Gasteiger partial charge in [0.1, 0.15) is 12.2 Å². The first-order valence-corrected chi connectivity index (χ1v) is 45.1. The van der Waals surface area contributed by atoms with E-state index in [2.05, 4.69) is 111 Å². The first kappa shape index (κ1) is 96.9. The molecule has 0 saturated carbocycles. The molecule has 1 aliphatic heterocycles. The van der Waals surface area contributed by atoms with Crippen LogP contribution in [0.4, 0.5) is 0 Å². The topological polar surface area (TPSA) is 133 Å². The van der Waals surface area contributed by atoms with Crippen LogP contribution in [0.25, 0.3) is 0 Å². The highest BCUT2D eigenvalue weighted by atomic mass is 31.2. The smallest absolute Gasteiger partial charge is 0.394 e. The third-order valence-corrected chi connectivity index (χ3v) is 25.0. The molecule has 1 heterocycles. The van der Waals surface area contributed by atoms with Crippen LogP contribution in [0.2, 0.25) is 0 Å². The fraction of sp³-hybridized carbons (Fsp3) is 1.00. The van der Waals surface area contributed by atoms with Gasteiger partial charge in [-0.3, -0.25) is 9.05 Å². The first-order chi connectivity index (χ1) is 47.3. The van der Waals surface area contributed by atoms with Crippen LogP contribution in [0.15, 0.2) is 0 Å². The predicted molar refractivity (Wildman–Crippen MR) is 427 cm³/mol. The van der Waals surface area contributed by atoms with Crippen molar-refractivity contribution in [1.82, 2.24) is 0 Å². The van der Waals surface area contributed by atoms with Gasteiger partial charge >= 0.3 is 7.82 Å². The number of ether oxygens (including phenoxy) is 4. The van der Waals surface area contributed by atoms with Gasteiger partial charge in [-0.2, -0.15) is 0 Å². The molecule has 3 N–H and O–H groups in total. The summed E-state index contributed by atoms with van der Waals surface area (Å²) in [7, 11) is -4.45. The van der Waals surface area contributed by atoms with E-state index in [1.54, 1.807) is 0 Å². The van der Waals surface area contributed by atoms with Crippen molar-refractivity contribution < 1.29 is 47.7 Å². The Labute approximate surface area is 618 Å². The highest BCUT2D eigenvalue weighted by molar-refractivity contribution is 7.47. The highest BCUT2D eigenvalue weighted by Gasteiger charge is 2.26. The Morgan fingerprint density at radius 3 is 0.727 bits per heavy atom. The highest BCUT2D eigenvalue weighted by Crippen LogP contribution is 2.43. The zero-order chi connectivity index (χ0) is 73.3. The second-order valence-corrected chi connectivity index (χ2v) is 37.3. The van der Waals surface area contributed by atoms with Gasteiger partial charge in [-0.15, -0.1) is 0 Å². The molecule has 0 aromatic heterocycles. The largest absolute Gasteiger partial charge is 0.472 e. The van der Waals surface area contributed by atoms with Gasteiger partial charge in [-0.1, -0.05) is 368 Å². The molecule has 1 fully saturated rings. The molecule has 0 radical (unpaired) electrons. The normalized spacial score (nSPS) is 34.6. The van der Waals surface area contributed by atoms with Gasteiger partial charge in [0.15, 0.2) is 0 Å². The van der Waals surface area contributed by atoms with Crippen molar-refractivity contribution in [1.29, 1.82) is 0 Å². The fourth-order valence-corrected chi connectivity index (χ4v) is 16.4. The molecule has 0 aromatic carbocycles. The second-order valence-electron chi connectivity index (χ2n) is 35.9. The van der Waals surface area contributed by atoms with Crippen molar-refractivity contribution in [3.63, 3.8) is 0 Å². The lowest BCUT2D eigenvalue weighted by Crippen LogP contribution is -2.27. The van der Waals surface area contributed by atoms with Crippen LogP contribution in [0, 0.1) is 94.7 Å². The first-order valence-electron chi connectivity index (χ1n) is 43.6. The van der Waals surface area contributed by atoms with E-state index >= 15 is 0 Å². The van der Waals surface area contributed by atoms with Gasteiger partial charge < -0.3 is 34.1 Å². The molecule has 0 amide bonds. The maximum absolute atomic E-state index is 12.6. The van der Waals surface area contributed by atoms with E-state index < -0.39 is 33.2 Å². The Morgan fingerprint density at radius 1 is 0.293 bits per heavy atom. The number of hydrogen-bond acceptors (Lipinski definition) is 9. The summed E-state index contributed by atoms with van der Waals surface area (Å²) in [6.45, 7) is 42.7. The van der Waals surface area contributed by atoms with E-state index in [1.807, 2.05) is 0 Å². The number of hydrogen-bond donors (Lipinski definition) is 3. The van der Waals surface area contributed by atoms with Crippen LogP contribution in [0.3, 0.4) is 0 Å². The number of aliphatic hydroxyl groups excluding tert-OH is 2. The molecule has 0 aromatic rings. The summed E-state index contributed by atoms with van der Waals surface area (Å²) in [5.74, 6) is 12.5. The molecule has 0 aliphatic carbocycles. The van der Waals surface area contributed by atoms with Crippen LogP contribution in [-0.2, 0) is 32.6 Å². The summed E-state index contributed by atoms with van der Waals surface area (Å²) in [4.78, 5) is 10.3. The third-order valence-electron chi connectivity index (χ3n) is 24.0. The summed E-state index contributed by atoms with van der Waals surface area (Å²) in [6, 6.07) is 0. The Balaban J connectivity index is 2.63. The van der Waals surface area contributed by atoms with Gasteiger partial charge in [0, 0.05) is 26.4 Å². The van der Waals surface area contributed by atoms with Crippen LogP contribution >= 0.6 is 7.82 Å². The van der Waals surface area contributed by atoms with Gasteiger partial charge in [-0.25, -0.2) is 4.57 Å². The van der Waals surface area contributed by atoms with Crippen LogP contribution in [0.5, 0.6) is 0 Å². The standard InChI is InChI=1S/C88H177O10P/c1-71-29-17-33-75(5)41-25-49-83(13)57-61-93-65-66-94-62-58-84(14)50-26-42-76(6)34-18-30-72(2)38-22-46-80(10)55-56-82(12)48-24-40-74(4)32-20-36-78(8)44-28-52-86(16)60-64-96-88(70-98-99(91,92)97-68-87(90)67-89)69-95-63-59-85(15)51-27-43-77(7)35-19-31-73(3)39-23-47-81(11)54-53-79(9)45-21-37-71/h71-90H,17-70H2,1-16H3,(H,91,92). The summed E-state index contributed by atoms with van der Waals surface area (Å²) in [6.07, 6.45) is 56.6. The molecule has 0 spiro atoms. The lowest BCUT2D eigenvalue weighted by Gasteiger charge is -2.22. The predicted octanol–water partition coefficient (Wildman–Crippen LogP) is 26.3. The Hall–Kier alpha value is -0.130. The minimum atomic E-state index is -4.45. The van der Waals surface area contributed by atoms with Gasteiger partial charge in [0.2, 0.25) is 0 Å². The van der Waals surface area contributed by atoms with Crippen molar-refractivity contribution in [3.8, 4) is 0 Å². The number of phosphoric acid groups is 1. The van der Waals surface area contributed by atoms with Crippen molar-refractivity contribution in [2.24, 2.45) is 94.7 Å². The molecular weight excluding hydrogens is 1250 g/mol. The molecular formula is C88H177O10P. The molecule has 594 valence electrons. The molecule has 99 heavy (non-hydrogen) atoms. The summed E-state index contributed by atoms with van der Waals surface area (Å²) in [5.41, 5.74) is 0. The maximum atomic E-state index is 12.6. The van der Waals surface area contributed by atoms with E-state index in [0.29, 0.717) is 25.0 Å². The van der Waals surface area contributed by atoms with Crippen molar-refractivity contribution in [3.05, 3.63) is 0 Å². The van der Waals surface area contributed by atoms with Gasteiger partial charge in [0.25, 0.3) is 0 Å². The lowest BCUT2D eigenvalue weighted by molar-refractivity contribution is -0.0492. The molecule has 19 atom stereocenters.